The van der Waals surface area contributed by atoms with Crippen LogP contribution < -0.4 is 11.5 Å². The molecule has 0 aromatic carbocycles. The van der Waals surface area contributed by atoms with Gasteiger partial charge in [-0.05, 0) is 52.1 Å². The molecule has 5 nitrogen and oxygen atoms in total. The van der Waals surface area contributed by atoms with Gasteiger partial charge in [0, 0.05) is 19.8 Å². The summed E-state index contributed by atoms with van der Waals surface area (Å²) in [5.74, 6) is 0.238. The van der Waals surface area contributed by atoms with Crippen molar-refractivity contribution in [3.05, 3.63) is 0 Å². The fraction of sp³-hybridized carbons (Fsp3) is 0.923. The van der Waals surface area contributed by atoms with Crippen LogP contribution in [-0.4, -0.2) is 49.2 Å². The lowest BCUT2D eigenvalue weighted by Gasteiger charge is -2.38. The highest BCUT2D eigenvalue weighted by atomic mass is 16.5. The van der Waals surface area contributed by atoms with Gasteiger partial charge in [0.1, 0.15) is 0 Å². The molecule has 0 saturated carbocycles. The molecule has 5 heteroatoms. The van der Waals surface area contributed by atoms with Crippen molar-refractivity contribution in [3.63, 3.8) is 0 Å². The summed E-state index contributed by atoms with van der Waals surface area (Å²) in [4.78, 5) is 13.6. The van der Waals surface area contributed by atoms with E-state index in [-0.39, 0.29) is 6.04 Å². The number of amides is 1. The summed E-state index contributed by atoms with van der Waals surface area (Å²) in [5.41, 5.74) is 10.3. The van der Waals surface area contributed by atoms with E-state index in [0.29, 0.717) is 12.3 Å². The Morgan fingerprint density at radius 2 is 2.06 bits per heavy atom. The lowest BCUT2D eigenvalue weighted by atomic mass is 9.91. The summed E-state index contributed by atoms with van der Waals surface area (Å²) in [6, 6.07) is 0.288. The monoisotopic (exact) mass is 257 g/mol. The zero-order chi connectivity index (χ0) is 13.8. The van der Waals surface area contributed by atoms with Crippen LogP contribution in [0.25, 0.3) is 0 Å². The molecule has 4 N–H and O–H groups in total. The van der Waals surface area contributed by atoms with Crippen LogP contribution in [0.2, 0.25) is 0 Å². The van der Waals surface area contributed by atoms with E-state index in [2.05, 4.69) is 11.8 Å². The normalized spacial score (nSPS) is 23.6. The first-order valence-electron chi connectivity index (χ1n) is 6.68. The van der Waals surface area contributed by atoms with Gasteiger partial charge in [0.2, 0.25) is 5.91 Å². The van der Waals surface area contributed by atoms with Crippen molar-refractivity contribution in [2.75, 3.05) is 26.8 Å². The number of piperidine rings is 1. The van der Waals surface area contributed by atoms with E-state index in [4.69, 9.17) is 16.2 Å². The molecule has 106 valence electrons. The molecule has 0 aromatic heterocycles. The average Bonchev–Trinajstić information content (AvgIpc) is 2.29. The maximum absolute atomic E-state index is 11.2. The lowest BCUT2D eigenvalue weighted by Crippen LogP contribution is -2.54. The fourth-order valence-electron chi connectivity index (χ4n) is 2.64. The predicted octanol–water partition coefficient (Wildman–Crippen LogP) is 0.326. The van der Waals surface area contributed by atoms with Crippen molar-refractivity contribution < 1.29 is 9.53 Å². The SMILES string of the molecule is COCC1CCN(C(C)CC(C)(N)C(N)=O)CC1. The number of methoxy groups -OCH3 is 1. The summed E-state index contributed by atoms with van der Waals surface area (Å²) in [6.07, 6.45) is 2.91. The number of nitrogens with two attached hydrogens (primary N) is 2. The van der Waals surface area contributed by atoms with Gasteiger partial charge in [-0.1, -0.05) is 0 Å². The smallest absolute Gasteiger partial charge is 0.237 e. The van der Waals surface area contributed by atoms with Gasteiger partial charge in [-0.3, -0.25) is 4.79 Å². The van der Waals surface area contributed by atoms with Gasteiger partial charge < -0.3 is 21.1 Å². The van der Waals surface area contributed by atoms with Gasteiger partial charge in [-0.15, -0.1) is 0 Å². The third kappa shape index (κ3) is 4.23. The topological polar surface area (TPSA) is 81.6 Å². The van der Waals surface area contributed by atoms with Gasteiger partial charge in [0.05, 0.1) is 5.54 Å². The molecule has 2 unspecified atom stereocenters. The molecule has 1 rings (SSSR count). The first-order valence-corrected chi connectivity index (χ1v) is 6.68. The molecule has 1 fully saturated rings. The van der Waals surface area contributed by atoms with Crippen LogP contribution in [0.5, 0.6) is 0 Å². The minimum Gasteiger partial charge on any atom is -0.384 e. The maximum Gasteiger partial charge on any atom is 0.237 e. The summed E-state index contributed by atoms with van der Waals surface area (Å²) in [7, 11) is 1.75. The highest BCUT2D eigenvalue weighted by molar-refractivity contribution is 5.83. The second-order valence-corrected chi connectivity index (χ2v) is 5.77. The predicted molar refractivity (Wildman–Crippen MR) is 72.0 cm³/mol. The van der Waals surface area contributed by atoms with Crippen molar-refractivity contribution in [3.8, 4) is 0 Å². The minimum absolute atomic E-state index is 0.288. The number of likely N-dealkylation sites (tertiary alicyclic amines) is 1. The fourth-order valence-corrected chi connectivity index (χ4v) is 2.64. The average molecular weight is 257 g/mol. The second-order valence-electron chi connectivity index (χ2n) is 5.77. The first-order chi connectivity index (χ1) is 8.36. The van der Waals surface area contributed by atoms with Crippen LogP contribution in [0, 0.1) is 5.92 Å². The summed E-state index contributed by atoms with van der Waals surface area (Å²) in [6.45, 7) is 6.76. The largest absolute Gasteiger partial charge is 0.384 e. The van der Waals surface area contributed by atoms with Crippen LogP contribution in [-0.2, 0) is 9.53 Å². The highest BCUT2D eigenvalue weighted by Gasteiger charge is 2.31. The number of hydrogen-bond acceptors (Lipinski definition) is 4. The van der Waals surface area contributed by atoms with Gasteiger partial charge in [-0.2, -0.15) is 0 Å². The molecule has 1 amide bonds. The number of carbonyl (C=O) groups excluding carboxylic acids is 1. The van der Waals surface area contributed by atoms with E-state index in [1.54, 1.807) is 14.0 Å². The molecule has 1 saturated heterocycles. The molecule has 2 atom stereocenters. The van der Waals surface area contributed by atoms with E-state index >= 15 is 0 Å². The van der Waals surface area contributed by atoms with Crippen LogP contribution in [0.3, 0.4) is 0 Å². The number of ether oxygens (including phenoxy) is 1. The van der Waals surface area contributed by atoms with Crippen molar-refractivity contribution in [2.24, 2.45) is 17.4 Å². The molecule has 0 spiro atoms. The van der Waals surface area contributed by atoms with E-state index < -0.39 is 11.4 Å². The third-order valence-electron chi connectivity index (χ3n) is 3.96. The number of primary amides is 1. The van der Waals surface area contributed by atoms with E-state index in [9.17, 15) is 4.79 Å². The van der Waals surface area contributed by atoms with E-state index in [0.717, 1.165) is 32.5 Å². The van der Waals surface area contributed by atoms with Crippen LogP contribution >= 0.6 is 0 Å². The Kier molecular flexibility index (Phi) is 5.56. The molecular formula is C13H27N3O2. The van der Waals surface area contributed by atoms with Gasteiger partial charge in [0.25, 0.3) is 0 Å². The van der Waals surface area contributed by atoms with Crippen LogP contribution in [0.1, 0.15) is 33.1 Å². The van der Waals surface area contributed by atoms with E-state index in [1.165, 1.54) is 0 Å². The highest BCUT2D eigenvalue weighted by Crippen LogP contribution is 2.22. The summed E-state index contributed by atoms with van der Waals surface area (Å²) >= 11 is 0. The maximum atomic E-state index is 11.2. The molecule has 0 aliphatic carbocycles. The molecule has 1 heterocycles. The van der Waals surface area contributed by atoms with Crippen molar-refractivity contribution >= 4 is 5.91 Å². The Morgan fingerprint density at radius 1 is 1.50 bits per heavy atom. The molecule has 1 aliphatic heterocycles. The van der Waals surface area contributed by atoms with Gasteiger partial charge in [0.15, 0.2) is 0 Å². The second kappa shape index (κ2) is 6.50. The number of carbonyl (C=O) groups is 1. The molecule has 18 heavy (non-hydrogen) atoms. The summed E-state index contributed by atoms with van der Waals surface area (Å²) < 4.78 is 5.19. The first kappa shape index (κ1) is 15.4. The zero-order valence-corrected chi connectivity index (χ0v) is 11.8. The molecule has 0 aromatic rings. The van der Waals surface area contributed by atoms with E-state index in [1.807, 2.05) is 0 Å². The number of hydrogen-bond donors (Lipinski definition) is 2. The third-order valence-corrected chi connectivity index (χ3v) is 3.96. The van der Waals surface area contributed by atoms with Crippen LogP contribution in [0.15, 0.2) is 0 Å². The molecule has 0 radical (unpaired) electrons. The quantitative estimate of drug-likeness (QED) is 0.718. The summed E-state index contributed by atoms with van der Waals surface area (Å²) in [5, 5.41) is 0. The Labute approximate surface area is 110 Å². The lowest BCUT2D eigenvalue weighted by molar-refractivity contribution is -0.123. The Balaban J connectivity index is 2.40. The number of rotatable bonds is 6. The number of nitrogens with zero attached hydrogens (tertiary/aromatic N) is 1. The molecular weight excluding hydrogens is 230 g/mol. The van der Waals surface area contributed by atoms with Crippen molar-refractivity contribution in [2.45, 2.75) is 44.7 Å². The Bertz CT molecular complexity index is 273. The Hall–Kier alpha value is -0.650. The van der Waals surface area contributed by atoms with Gasteiger partial charge >= 0.3 is 0 Å². The molecule has 0 bridgehead atoms. The van der Waals surface area contributed by atoms with Crippen LogP contribution in [0.4, 0.5) is 0 Å². The van der Waals surface area contributed by atoms with Crippen molar-refractivity contribution in [1.29, 1.82) is 0 Å². The van der Waals surface area contributed by atoms with Crippen molar-refractivity contribution in [1.82, 2.24) is 4.90 Å². The Morgan fingerprint density at radius 3 is 2.50 bits per heavy atom. The minimum atomic E-state index is -0.914. The zero-order valence-electron chi connectivity index (χ0n) is 11.8. The standard InChI is InChI=1S/C13H27N3O2/c1-10(8-13(2,15)12(14)17)16-6-4-11(5-7-16)9-18-3/h10-11H,4-9,15H2,1-3H3,(H2,14,17). The molecule has 1 aliphatic rings. The van der Waals surface area contributed by atoms with Gasteiger partial charge in [-0.25, -0.2) is 0 Å².